The van der Waals surface area contributed by atoms with Crippen LogP contribution in [0, 0.1) is 11.3 Å². The van der Waals surface area contributed by atoms with Gasteiger partial charge in [-0.05, 0) is 75.6 Å². The molecule has 2 aromatic heterocycles. The van der Waals surface area contributed by atoms with E-state index >= 15 is 0 Å². The molecular weight excluding hydrogens is 392 g/mol. The molecule has 0 saturated heterocycles. The van der Waals surface area contributed by atoms with Gasteiger partial charge in [0.15, 0.2) is 5.65 Å². The van der Waals surface area contributed by atoms with E-state index in [0.717, 1.165) is 27.8 Å². The molecule has 0 aliphatic carbocycles. The highest BCUT2D eigenvalue weighted by Crippen LogP contribution is 2.33. The number of nitriles is 1. The van der Waals surface area contributed by atoms with E-state index in [0.29, 0.717) is 18.7 Å². The lowest BCUT2D eigenvalue weighted by molar-refractivity contribution is 0.0530. The molecule has 168 valence electrons. The summed E-state index contributed by atoms with van der Waals surface area (Å²) in [6.07, 6.45) is 3.03. The van der Waals surface area contributed by atoms with E-state index in [1.807, 2.05) is 58.9 Å². The Labute approximate surface area is 186 Å². The molecule has 2 heterocycles. The molecule has 1 amide bonds. The SMILES string of the molecule is CC(C)(C)OC(=O)NCCNc1cc(-c2ccnc3[nH]ncc23)cc(C(C)(C)C#N)c1.[HH].[HH].[HH]. The van der Waals surface area contributed by atoms with Crippen molar-refractivity contribution in [2.45, 2.75) is 45.6 Å². The van der Waals surface area contributed by atoms with Crippen molar-refractivity contribution in [1.82, 2.24) is 20.5 Å². The average Bonchev–Trinajstić information content (AvgIpc) is 3.18. The van der Waals surface area contributed by atoms with E-state index in [1.165, 1.54) is 0 Å². The Hall–Kier alpha value is -3.60. The van der Waals surface area contributed by atoms with Gasteiger partial charge in [0.05, 0.1) is 17.7 Å². The summed E-state index contributed by atoms with van der Waals surface area (Å²) in [7, 11) is 0. The second-order valence-corrected chi connectivity index (χ2v) is 8.88. The first-order valence-electron chi connectivity index (χ1n) is 10.1. The van der Waals surface area contributed by atoms with Gasteiger partial charge >= 0.3 is 6.09 Å². The third kappa shape index (κ3) is 5.51. The number of alkyl carbamates (subject to hydrolysis) is 1. The zero-order valence-corrected chi connectivity index (χ0v) is 18.5. The quantitative estimate of drug-likeness (QED) is 0.472. The van der Waals surface area contributed by atoms with Crippen molar-refractivity contribution in [2.24, 2.45) is 0 Å². The number of carbonyl (C=O) groups is 1. The predicted octanol–water partition coefficient (Wildman–Crippen LogP) is 5.10. The summed E-state index contributed by atoms with van der Waals surface area (Å²) in [5, 5.41) is 23.6. The van der Waals surface area contributed by atoms with E-state index in [2.05, 4.69) is 31.9 Å². The fourth-order valence-corrected chi connectivity index (χ4v) is 3.10. The van der Waals surface area contributed by atoms with E-state index in [1.54, 1.807) is 12.4 Å². The Kier molecular flexibility index (Phi) is 6.16. The zero-order chi connectivity index (χ0) is 22.6. The minimum absolute atomic E-state index is 0. The number of ether oxygens (including phenoxy) is 1. The van der Waals surface area contributed by atoms with Crippen molar-refractivity contribution < 1.29 is 13.8 Å². The zero-order valence-electron chi connectivity index (χ0n) is 18.5. The van der Waals surface area contributed by atoms with Gasteiger partial charge in [-0.1, -0.05) is 0 Å². The fourth-order valence-electron chi connectivity index (χ4n) is 3.10. The lowest BCUT2D eigenvalue weighted by Crippen LogP contribution is -2.35. The Bertz CT molecular complexity index is 1140. The highest BCUT2D eigenvalue weighted by molar-refractivity contribution is 5.92. The molecule has 0 spiro atoms. The predicted molar refractivity (Wildman–Crippen MR) is 127 cm³/mol. The van der Waals surface area contributed by atoms with Gasteiger partial charge in [0.1, 0.15) is 5.60 Å². The lowest BCUT2D eigenvalue weighted by Gasteiger charge is -2.21. The fraction of sp³-hybridized carbons (Fsp3) is 0.391. The van der Waals surface area contributed by atoms with Crippen molar-refractivity contribution in [3.63, 3.8) is 0 Å². The van der Waals surface area contributed by atoms with Crippen molar-refractivity contribution in [2.75, 3.05) is 18.4 Å². The second-order valence-electron chi connectivity index (χ2n) is 8.88. The van der Waals surface area contributed by atoms with Crippen LogP contribution in [0.5, 0.6) is 0 Å². The largest absolute Gasteiger partial charge is 0.444 e. The molecule has 0 saturated carbocycles. The maximum Gasteiger partial charge on any atom is 0.407 e. The maximum absolute atomic E-state index is 11.8. The average molecular weight is 427 g/mol. The molecule has 1 aromatic carbocycles. The molecular formula is C23H34N6O2. The number of anilines is 1. The van der Waals surface area contributed by atoms with Crippen LogP contribution in [-0.4, -0.2) is 40.0 Å². The highest BCUT2D eigenvalue weighted by atomic mass is 16.6. The highest BCUT2D eigenvalue weighted by Gasteiger charge is 2.22. The molecule has 0 radical (unpaired) electrons. The first-order chi connectivity index (χ1) is 14.6. The Balaban J connectivity index is 0.00000363. The molecule has 0 aliphatic rings. The van der Waals surface area contributed by atoms with E-state index in [9.17, 15) is 10.1 Å². The minimum atomic E-state index is -0.663. The Morgan fingerprint density at radius 2 is 2.00 bits per heavy atom. The molecule has 3 N–H and O–H groups in total. The number of pyridine rings is 1. The van der Waals surface area contributed by atoms with Crippen LogP contribution >= 0.6 is 0 Å². The number of benzene rings is 1. The van der Waals surface area contributed by atoms with E-state index in [4.69, 9.17) is 4.74 Å². The molecule has 0 fully saturated rings. The van der Waals surface area contributed by atoms with E-state index in [-0.39, 0.29) is 4.28 Å². The number of carbonyl (C=O) groups excluding carboxylic acids is 1. The van der Waals surface area contributed by atoms with Crippen LogP contribution < -0.4 is 10.6 Å². The number of H-pyrrole nitrogens is 1. The molecule has 0 atom stereocenters. The Morgan fingerprint density at radius 3 is 2.71 bits per heavy atom. The topological polar surface area (TPSA) is 116 Å². The van der Waals surface area contributed by atoms with Gasteiger partial charge in [-0.3, -0.25) is 5.10 Å². The summed E-state index contributed by atoms with van der Waals surface area (Å²) in [6, 6.07) is 10.3. The van der Waals surface area contributed by atoms with Gasteiger partial charge in [0, 0.05) is 34.6 Å². The number of nitrogens with one attached hydrogen (secondary N) is 3. The molecule has 3 aromatic rings. The van der Waals surface area contributed by atoms with Gasteiger partial charge in [-0.15, -0.1) is 0 Å². The van der Waals surface area contributed by atoms with Crippen LogP contribution in [0.3, 0.4) is 0 Å². The summed E-state index contributed by atoms with van der Waals surface area (Å²) in [4.78, 5) is 16.1. The number of rotatable bonds is 6. The van der Waals surface area contributed by atoms with Crippen molar-refractivity contribution in [1.29, 1.82) is 5.26 Å². The number of nitrogens with zero attached hydrogens (tertiary/aromatic N) is 3. The van der Waals surface area contributed by atoms with Gasteiger partial charge in [0.25, 0.3) is 0 Å². The number of amides is 1. The third-order valence-electron chi connectivity index (χ3n) is 4.72. The summed E-state index contributed by atoms with van der Waals surface area (Å²) in [6.45, 7) is 10.2. The number of hydrogen-bond donors (Lipinski definition) is 3. The van der Waals surface area contributed by atoms with Gasteiger partial charge < -0.3 is 15.4 Å². The molecule has 3 rings (SSSR count). The van der Waals surface area contributed by atoms with Crippen molar-refractivity contribution in [3.05, 3.63) is 42.2 Å². The van der Waals surface area contributed by atoms with Crippen LogP contribution in [0.1, 0.15) is 44.5 Å². The maximum atomic E-state index is 11.8. The summed E-state index contributed by atoms with van der Waals surface area (Å²) < 4.78 is 5.25. The second kappa shape index (κ2) is 8.64. The van der Waals surface area contributed by atoms with Gasteiger partial charge in [-0.2, -0.15) is 10.4 Å². The Morgan fingerprint density at radius 1 is 1.23 bits per heavy atom. The smallest absolute Gasteiger partial charge is 0.407 e. The van der Waals surface area contributed by atoms with Crippen LogP contribution in [0.25, 0.3) is 22.2 Å². The number of aromatic nitrogens is 3. The number of aromatic amines is 1. The molecule has 31 heavy (non-hydrogen) atoms. The number of fused-ring (bicyclic) bond motifs is 1. The molecule has 8 heteroatoms. The summed E-state index contributed by atoms with van der Waals surface area (Å²) in [5.74, 6) is 0. The van der Waals surface area contributed by atoms with Crippen LogP contribution in [0.2, 0.25) is 0 Å². The molecule has 0 unspecified atom stereocenters. The summed E-state index contributed by atoms with van der Waals surface area (Å²) >= 11 is 0. The molecule has 0 aliphatic heterocycles. The van der Waals surface area contributed by atoms with E-state index < -0.39 is 17.1 Å². The van der Waals surface area contributed by atoms with Crippen LogP contribution in [0.4, 0.5) is 10.5 Å². The van der Waals surface area contributed by atoms with Crippen LogP contribution in [0.15, 0.2) is 36.7 Å². The molecule has 8 nitrogen and oxygen atoms in total. The lowest BCUT2D eigenvalue weighted by atomic mass is 9.84. The first kappa shape index (κ1) is 22.1. The third-order valence-corrected chi connectivity index (χ3v) is 4.72. The standard InChI is InChI=1S/C23H28N6O2.3H2/c1-22(2,3)31-21(30)27-9-8-25-17-11-15(10-16(12-17)23(4,5)14-24)18-6-7-26-20-19(18)13-28-29-20;;;/h6-7,10-13,25H,8-9H2,1-5H3,(H,27,30)(H,26,28,29);3*1H. The number of hydrogen-bond acceptors (Lipinski definition) is 6. The minimum Gasteiger partial charge on any atom is -0.444 e. The van der Waals surface area contributed by atoms with Crippen molar-refractivity contribution >= 4 is 22.8 Å². The molecule has 0 bridgehead atoms. The monoisotopic (exact) mass is 426 g/mol. The van der Waals surface area contributed by atoms with Crippen molar-refractivity contribution in [3.8, 4) is 17.2 Å². The normalized spacial score (nSPS) is 11.7. The summed E-state index contributed by atoms with van der Waals surface area (Å²) in [5.41, 5.74) is 3.19. The van der Waals surface area contributed by atoms with Gasteiger partial charge in [-0.25, -0.2) is 9.78 Å². The van der Waals surface area contributed by atoms with Crippen LogP contribution in [-0.2, 0) is 10.2 Å². The van der Waals surface area contributed by atoms with Gasteiger partial charge in [0.2, 0.25) is 0 Å². The first-order valence-corrected chi connectivity index (χ1v) is 10.1.